The topological polar surface area (TPSA) is 29.5 Å². The van der Waals surface area contributed by atoms with Crippen molar-refractivity contribution in [3.63, 3.8) is 0 Å². The Morgan fingerprint density at radius 3 is 2.69 bits per heavy atom. The normalized spacial score (nSPS) is 12.7. The molecule has 0 saturated carbocycles. The molecule has 0 radical (unpaired) electrons. The van der Waals surface area contributed by atoms with E-state index in [0.717, 1.165) is 29.5 Å². The molecule has 0 bridgehead atoms. The van der Waals surface area contributed by atoms with Crippen molar-refractivity contribution in [3.05, 3.63) is 34.3 Å². The molecular formula is C13H19BrO2. The van der Waals surface area contributed by atoms with Gasteiger partial charge in [0.1, 0.15) is 0 Å². The van der Waals surface area contributed by atoms with E-state index in [4.69, 9.17) is 4.74 Å². The number of ether oxygens (including phenoxy) is 1. The summed E-state index contributed by atoms with van der Waals surface area (Å²) in [7, 11) is 0. The second-order valence-electron chi connectivity index (χ2n) is 3.80. The molecule has 0 aliphatic rings. The molecule has 2 nitrogen and oxygen atoms in total. The predicted octanol–water partition coefficient (Wildman–Crippen LogP) is 3.34. The minimum absolute atomic E-state index is 0.160. The van der Waals surface area contributed by atoms with Gasteiger partial charge in [0.15, 0.2) is 0 Å². The largest absolute Gasteiger partial charge is 0.396 e. The monoisotopic (exact) mass is 286 g/mol. The maximum atomic E-state index is 9.38. The third kappa shape index (κ3) is 4.24. The Balaban J connectivity index is 2.51. The van der Waals surface area contributed by atoms with Gasteiger partial charge < -0.3 is 9.84 Å². The minimum Gasteiger partial charge on any atom is -0.396 e. The second kappa shape index (κ2) is 7.82. The smallest absolute Gasteiger partial charge is 0.0501 e. The predicted molar refractivity (Wildman–Crippen MR) is 69.7 cm³/mol. The summed E-state index contributed by atoms with van der Waals surface area (Å²) in [5.41, 5.74) is 1.16. The number of benzene rings is 1. The van der Waals surface area contributed by atoms with Gasteiger partial charge in [0, 0.05) is 23.6 Å². The maximum Gasteiger partial charge on any atom is 0.0501 e. The Labute approximate surface area is 106 Å². The zero-order valence-corrected chi connectivity index (χ0v) is 11.2. The van der Waals surface area contributed by atoms with E-state index in [0.29, 0.717) is 6.61 Å². The molecule has 1 atom stereocenters. The summed E-state index contributed by atoms with van der Waals surface area (Å²) >= 11 is 3.51. The molecular weight excluding hydrogens is 268 g/mol. The molecule has 0 amide bonds. The quantitative estimate of drug-likeness (QED) is 0.779. The number of hydrogen-bond donors (Lipinski definition) is 1. The van der Waals surface area contributed by atoms with Gasteiger partial charge in [-0.25, -0.2) is 0 Å². The summed E-state index contributed by atoms with van der Waals surface area (Å²) in [4.78, 5) is 0. The van der Waals surface area contributed by atoms with Gasteiger partial charge in [-0.1, -0.05) is 41.1 Å². The fraction of sp³-hybridized carbons (Fsp3) is 0.538. The fourth-order valence-electron chi connectivity index (χ4n) is 1.62. The van der Waals surface area contributed by atoms with Crippen LogP contribution in [-0.4, -0.2) is 24.9 Å². The van der Waals surface area contributed by atoms with Crippen molar-refractivity contribution < 1.29 is 9.84 Å². The lowest BCUT2D eigenvalue weighted by Crippen LogP contribution is -2.09. The van der Waals surface area contributed by atoms with E-state index in [2.05, 4.69) is 22.9 Å². The Hall–Kier alpha value is -0.380. The van der Waals surface area contributed by atoms with Gasteiger partial charge in [-0.15, -0.1) is 0 Å². The van der Waals surface area contributed by atoms with Crippen LogP contribution >= 0.6 is 15.9 Å². The lowest BCUT2D eigenvalue weighted by Gasteiger charge is -2.16. The molecule has 1 unspecified atom stereocenters. The Kier molecular flexibility index (Phi) is 6.69. The van der Waals surface area contributed by atoms with Gasteiger partial charge >= 0.3 is 0 Å². The van der Waals surface area contributed by atoms with Crippen LogP contribution in [0.1, 0.15) is 31.2 Å². The molecule has 0 spiro atoms. The summed E-state index contributed by atoms with van der Waals surface area (Å²) in [5.74, 6) is 0.160. The summed E-state index contributed by atoms with van der Waals surface area (Å²) in [6, 6.07) is 8.03. The molecule has 0 fully saturated rings. The summed E-state index contributed by atoms with van der Waals surface area (Å²) in [6.07, 6.45) is 1.90. The summed E-state index contributed by atoms with van der Waals surface area (Å²) in [6.45, 7) is 3.77. The molecule has 16 heavy (non-hydrogen) atoms. The van der Waals surface area contributed by atoms with E-state index in [9.17, 15) is 5.11 Å². The van der Waals surface area contributed by atoms with Gasteiger partial charge in [0.05, 0.1) is 6.61 Å². The van der Waals surface area contributed by atoms with Crippen LogP contribution in [-0.2, 0) is 4.74 Å². The van der Waals surface area contributed by atoms with E-state index >= 15 is 0 Å². The average molecular weight is 287 g/mol. The molecule has 1 aromatic carbocycles. The highest BCUT2D eigenvalue weighted by Gasteiger charge is 2.12. The van der Waals surface area contributed by atoms with Gasteiger partial charge in [-0.05, 0) is 24.5 Å². The lowest BCUT2D eigenvalue weighted by atomic mass is 9.97. The van der Waals surface area contributed by atoms with E-state index in [1.54, 1.807) is 0 Å². The molecule has 90 valence electrons. The zero-order valence-electron chi connectivity index (χ0n) is 9.66. The van der Waals surface area contributed by atoms with Crippen molar-refractivity contribution in [2.75, 3.05) is 19.8 Å². The first kappa shape index (κ1) is 13.7. The molecule has 3 heteroatoms. The van der Waals surface area contributed by atoms with Crippen molar-refractivity contribution in [1.82, 2.24) is 0 Å². The van der Waals surface area contributed by atoms with E-state index in [1.807, 2.05) is 24.3 Å². The summed E-state index contributed by atoms with van der Waals surface area (Å²) in [5, 5.41) is 9.38. The lowest BCUT2D eigenvalue weighted by molar-refractivity contribution is 0.119. The van der Waals surface area contributed by atoms with E-state index in [1.165, 1.54) is 0 Å². The average Bonchev–Trinajstić information content (AvgIpc) is 2.31. The maximum absolute atomic E-state index is 9.38. The van der Waals surface area contributed by atoms with Crippen molar-refractivity contribution >= 4 is 15.9 Å². The molecule has 0 aliphatic carbocycles. The Bertz CT molecular complexity index is 302. The first-order valence-electron chi connectivity index (χ1n) is 5.72. The van der Waals surface area contributed by atoms with Gasteiger partial charge in [0.25, 0.3) is 0 Å². The first-order chi connectivity index (χ1) is 7.79. The molecule has 1 N–H and O–H groups in total. The van der Waals surface area contributed by atoms with Crippen molar-refractivity contribution in [2.45, 2.75) is 25.7 Å². The molecule has 0 aliphatic heterocycles. The molecule has 0 heterocycles. The van der Waals surface area contributed by atoms with Crippen LogP contribution in [0.25, 0.3) is 0 Å². The molecule has 0 aromatic heterocycles. The van der Waals surface area contributed by atoms with Crippen LogP contribution in [0, 0.1) is 0 Å². The van der Waals surface area contributed by atoms with Crippen molar-refractivity contribution in [2.24, 2.45) is 0 Å². The highest BCUT2D eigenvalue weighted by Crippen LogP contribution is 2.26. The third-order valence-corrected chi connectivity index (χ3v) is 3.25. The van der Waals surface area contributed by atoms with Crippen LogP contribution in [0.15, 0.2) is 28.7 Å². The number of halogens is 1. The van der Waals surface area contributed by atoms with Crippen LogP contribution in [0.4, 0.5) is 0 Å². The van der Waals surface area contributed by atoms with Gasteiger partial charge in [-0.3, -0.25) is 0 Å². The highest BCUT2D eigenvalue weighted by atomic mass is 79.9. The number of aliphatic hydroxyl groups is 1. The Morgan fingerprint density at radius 1 is 1.31 bits per heavy atom. The Morgan fingerprint density at radius 2 is 2.06 bits per heavy atom. The van der Waals surface area contributed by atoms with Crippen LogP contribution in [0.3, 0.4) is 0 Å². The first-order valence-corrected chi connectivity index (χ1v) is 6.52. The number of rotatable bonds is 7. The van der Waals surface area contributed by atoms with Crippen LogP contribution in [0.2, 0.25) is 0 Å². The van der Waals surface area contributed by atoms with Crippen molar-refractivity contribution in [1.29, 1.82) is 0 Å². The van der Waals surface area contributed by atoms with Gasteiger partial charge in [0.2, 0.25) is 0 Å². The highest BCUT2D eigenvalue weighted by molar-refractivity contribution is 9.10. The summed E-state index contributed by atoms with van der Waals surface area (Å²) < 4.78 is 6.51. The van der Waals surface area contributed by atoms with Gasteiger partial charge in [-0.2, -0.15) is 0 Å². The number of aliphatic hydroxyl groups excluding tert-OH is 1. The third-order valence-electron chi connectivity index (χ3n) is 2.52. The van der Waals surface area contributed by atoms with Crippen LogP contribution in [0.5, 0.6) is 0 Å². The van der Waals surface area contributed by atoms with E-state index < -0.39 is 0 Å². The zero-order chi connectivity index (χ0) is 11.8. The second-order valence-corrected chi connectivity index (χ2v) is 4.66. The fourth-order valence-corrected chi connectivity index (χ4v) is 2.23. The molecule has 0 saturated heterocycles. The van der Waals surface area contributed by atoms with Crippen molar-refractivity contribution in [3.8, 4) is 0 Å². The van der Waals surface area contributed by atoms with E-state index in [-0.39, 0.29) is 12.5 Å². The SMILES string of the molecule is CCCOCCC(CO)c1ccccc1Br. The molecule has 1 aromatic rings. The van der Waals surface area contributed by atoms with Crippen LogP contribution < -0.4 is 0 Å². The standard InChI is InChI=1S/C13H19BrO2/c1-2-8-16-9-7-11(10-15)12-5-3-4-6-13(12)14/h3-6,11,15H,2,7-10H2,1H3. The number of hydrogen-bond acceptors (Lipinski definition) is 2. The minimum atomic E-state index is 0.160. The molecule has 1 rings (SSSR count).